The molecule has 2 atom stereocenters. The van der Waals surface area contributed by atoms with E-state index in [0.29, 0.717) is 29.9 Å². The van der Waals surface area contributed by atoms with Crippen molar-refractivity contribution < 1.29 is 24.9 Å². The number of carbonyl (C=O) groups excluding carboxylic acids is 1. The fourth-order valence-corrected chi connectivity index (χ4v) is 4.06. The Morgan fingerprint density at radius 2 is 2.23 bits per heavy atom. The number of pyridine rings is 1. The molecule has 1 aromatic rings. The van der Waals surface area contributed by atoms with E-state index in [-0.39, 0.29) is 37.9 Å². The fourth-order valence-electron chi connectivity index (χ4n) is 4.06. The van der Waals surface area contributed by atoms with Crippen LogP contribution in [-0.4, -0.2) is 68.2 Å². The molecule has 8 nitrogen and oxygen atoms in total. The van der Waals surface area contributed by atoms with Gasteiger partial charge < -0.3 is 20.2 Å². The highest BCUT2D eigenvalue weighted by Crippen LogP contribution is 2.44. The van der Waals surface area contributed by atoms with Crippen molar-refractivity contribution in [2.24, 2.45) is 11.3 Å². The van der Waals surface area contributed by atoms with Gasteiger partial charge in [-0.3, -0.25) is 19.5 Å². The van der Waals surface area contributed by atoms with Gasteiger partial charge in [0.1, 0.15) is 11.2 Å². The third kappa shape index (κ3) is 2.75. The minimum absolute atomic E-state index is 0.00223. The van der Waals surface area contributed by atoms with Gasteiger partial charge in [-0.25, -0.2) is 0 Å². The van der Waals surface area contributed by atoms with Gasteiger partial charge in [0.05, 0.1) is 18.2 Å². The molecule has 2 aliphatic heterocycles. The highest BCUT2D eigenvalue weighted by atomic mass is 16.4. The third-order valence-corrected chi connectivity index (χ3v) is 5.45. The Morgan fingerprint density at radius 1 is 1.50 bits per heavy atom. The van der Waals surface area contributed by atoms with Crippen LogP contribution in [0.2, 0.25) is 0 Å². The Balaban J connectivity index is 1.87. The van der Waals surface area contributed by atoms with Crippen LogP contribution in [0, 0.1) is 18.3 Å². The average Bonchev–Trinajstić information content (AvgIpc) is 3.09. The average molecular weight is 361 g/mol. The number of aliphatic carboxylic acids is 1. The van der Waals surface area contributed by atoms with E-state index in [4.69, 9.17) is 0 Å². The number of amides is 1. The number of aliphatic hydroxyl groups is 1. The first-order valence-electron chi connectivity index (χ1n) is 8.46. The van der Waals surface area contributed by atoms with E-state index < -0.39 is 17.3 Å². The molecular formula is C18H23N3O5. The van der Waals surface area contributed by atoms with E-state index in [1.54, 1.807) is 13.0 Å². The highest BCUT2D eigenvalue weighted by Gasteiger charge is 2.61. The maximum atomic E-state index is 12.6. The zero-order valence-electron chi connectivity index (χ0n) is 14.7. The molecular weight excluding hydrogens is 338 g/mol. The van der Waals surface area contributed by atoms with Gasteiger partial charge in [0.2, 0.25) is 5.91 Å². The molecule has 1 amide bonds. The van der Waals surface area contributed by atoms with Crippen LogP contribution >= 0.6 is 0 Å². The normalized spacial score (nSPS) is 25.5. The number of rotatable bonds is 6. The summed E-state index contributed by atoms with van der Waals surface area (Å²) in [5, 5.41) is 29.6. The Kier molecular flexibility index (Phi) is 4.72. The first kappa shape index (κ1) is 18.3. The summed E-state index contributed by atoms with van der Waals surface area (Å²) in [5.74, 6) is -1.78. The number of carbonyl (C=O) groups is 2. The molecule has 2 saturated heterocycles. The lowest BCUT2D eigenvalue weighted by molar-refractivity contribution is -0.149. The maximum absolute atomic E-state index is 12.6. The predicted molar refractivity (Wildman–Crippen MR) is 92.2 cm³/mol. The second-order valence-electron chi connectivity index (χ2n) is 7.05. The topological polar surface area (TPSA) is 114 Å². The fraction of sp³-hybridized carbons (Fsp3) is 0.500. The van der Waals surface area contributed by atoms with Gasteiger partial charge in [0.15, 0.2) is 0 Å². The van der Waals surface area contributed by atoms with Gasteiger partial charge in [0.25, 0.3) is 0 Å². The van der Waals surface area contributed by atoms with Crippen molar-refractivity contribution >= 4 is 11.9 Å². The lowest BCUT2D eigenvalue weighted by Gasteiger charge is -2.25. The Bertz CT molecular complexity index is 765. The Labute approximate surface area is 151 Å². The molecule has 3 rings (SSSR count). The smallest absolute Gasteiger partial charge is 0.313 e. The summed E-state index contributed by atoms with van der Waals surface area (Å²) in [5.41, 5.74) is 0.305. The molecule has 8 heteroatoms. The summed E-state index contributed by atoms with van der Waals surface area (Å²) in [4.78, 5) is 32.1. The van der Waals surface area contributed by atoms with Crippen LogP contribution < -0.4 is 0 Å². The third-order valence-electron chi connectivity index (χ3n) is 5.45. The van der Waals surface area contributed by atoms with Crippen LogP contribution in [-0.2, 0) is 22.7 Å². The largest absolute Gasteiger partial charge is 0.506 e. The molecule has 0 aliphatic carbocycles. The van der Waals surface area contributed by atoms with E-state index in [0.717, 1.165) is 0 Å². The number of aliphatic hydroxyl groups excluding tert-OH is 1. The number of carboxylic acids is 1. The number of aromatic nitrogens is 1. The Hall–Kier alpha value is -2.45. The summed E-state index contributed by atoms with van der Waals surface area (Å²) < 4.78 is 0. The van der Waals surface area contributed by atoms with Crippen LogP contribution in [0.1, 0.15) is 16.8 Å². The van der Waals surface area contributed by atoms with Crippen LogP contribution in [0.5, 0.6) is 5.75 Å². The molecule has 140 valence electrons. The van der Waals surface area contributed by atoms with Crippen molar-refractivity contribution in [1.29, 1.82) is 0 Å². The number of hydrogen-bond acceptors (Lipinski definition) is 6. The van der Waals surface area contributed by atoms with Crippen molar-refractivity contribution in [2.45, 2.75) is 20.1 Å². The molecule has 0 saturated carbocycles. The van der Waals surface area contributed by atoms with E-state index in [2.05, 4.69) is 11.6 Å². The van der Waals surface area contributed by atoms with Gasteiger partial charge in [-0.15, -0.1) is 6.58 Å². The molecule has 0 radical (unpaired) electrons. The molecule has 0 spiro atoms. The van der Waals surface area contributed by atoms with E-state index in [9.17, 15) is 24.9 Å². The number of hydrogen-bond donors (Lipinski definition) is 3. The SMILES string of the molecule is C=CCN1C[C@]2(C(=O)O)CN(Cc3c(CO)cnc(C)c3O)C[C@@H]2C1=O. The van der Waals surface area contributed by atoms with Crippen LogP contribution in [0.15, 0.2) is 18.9 Å². The summed E-state index contributed by atoms with van der Waals surface area (Å²) >= 11 is 0. The quantitative estimate of drug-likeness (QED) is 0.617. The van der Waals surface area contributed by atoms with Gasteiger partial charge in [-0.1, -0.05) is 6.08 Å². The van der Waals surface area contributed by atoms with Crippen LogP contribution in [0.4, 0.5) is 0 Å². The number of aryl methyl sites for hydroxylation is 1. The molecule has 2 fully saturated rings. The second kappa shape index (κ2) is 6.69. The van der Waals surface area contributed by atoms with Crippen molar-refractivity contribution in [3.05, 3.63) is 35.7 Å². The Morgan fingerprint density at radius 3 is 2.81 bits per heavy atom. The van der Waals surface area contributed by atoms with Gasteiger partial charge in [-0.2, -0.15) is 0 Å². The van der Waals surface area contributed by atoms with Gasteiger partial charge >= 0.3 is 5.97 Å². The van der Waals surface area contributed by atoms with E-state index in [1.807, 2.05) is 4.90 Å². The summed E-state index contributed by atoms with van der Waals surface area (Å²) in [7, 11) is 0. The van der Waals surface area contributed by atoms with Crippen molar-refractivity contribution in [2.75, 3.05) is 26.2 Å². The first-order chi connectivity index (χ1) is 12.3. The highest BCUT2D eigenvalue weighted by molar-refractivity contribution is 5.92. The number of likely N-dealkylation sites (tertiary alicyclic amines) is 2. The molecule has 26 heavy (non-hydrogen) atoms. The summed E-state index contributed by atoms with van der Waals surface area (Å²) in [6, 6.07) is 0. The molecule has 0 bridgehead atoms. The molecule has 0 aromatic carbocycles. The van der Waals surface area contributed by atoms with Crippen LogP contribution in [0.25, 0.3) is 0 Å². The summed E-state index contributed by atoms with van der Waals surface area (Å²) in [6.45, 7) is 6.26. The van der Waals surface area contributed by atoms with Crippen LogP contribution in [0.3, 0.4) is 0 Å². The van der Waals surface area contributed by atoms with Crippen molar-refractivity contribution in [1.82, 2.24) is 14.8 Å². The summed E-state index contributed by atoms with van der Waals surface area (Å²) in [6.07, 6.45) is 3.10. The van der Waals surface area contributed by atoms with Crippen molar-refractivity contribution in [3.63, 3.8) is 0 Å². The lowest BCUT2D eigenvalue weighted by Crippen LogP contribution is -2.40. The first-order valence-corrected chi connectivity index (χ1v) is 8.46. The second-order valence-corrected chi connectivity index (χ2v) is 7.05. The zero-order chi connectivity index (χ0) is 19.1. The number of nitrogens with zero attached hydrogens (tertiary/aromatic N) is 3. The number of aromatic hydroxyl groups is 1. The standard InChI is InChI=1S/C18H23N3O5/c1-3-4-21-10-18(17(25)26)9-20(7-14(18)16(21)24)6-13-12(8-22)5-19-11(2)15(13)23/h3,5,14,22-23H,1,4,6-10H2,2H3,(H,25,26)/t14-,18-/m1/s1. The van der Waals surface area contributed by atoms with E-state index in [1.165, 1.54) is 11.1 Å². The number of carboxylic acid groups (broad SMARTS) is 1. The molecule has 1 aromatic heterocycles. The maximum Gasteiger partial charge on any atom is 0.313 e. The molecule has 0 unspecified atom stereocenters. The lowest BCUT2D eigenvalue weighted by atomic mass is 9.81. The van der Waals surface area contributed by atoms with Gasteiger partial charge in [0, 0.05) is 50.0 Å². The predicted octanol–water partition coefficient (Wildman–Crippen LogP) is 0.119. The van der Waals surface area contributed by atoms with Gasteiger partial charge in [-0.05, 0) is 6.92 Å². The number of fused-ring (bicyclic) bond motifs is 1. The molecule has 3 heterocycles. The molecule has 2 aliphatic rings. The van der Waals surface area contributed by atoms with E-state index >= 15 is 0 Å². The van der Waals surface area contributed by atoms with Crippen molar-refractivity contribution in [3.8, 4) is 5.75 Å². The minimum atomic E-state index is -1.16. The minimum Gasteiger partial charge on any atom is -0.506 e. The zero-order valence-corrected chi connectivity index (χ0v) is 14.7. The molecule has 3 N–H and O–H groups in total. The monoisotopic (exact) mass is 361 g/mol.